The minimum atomic E-state index is 0.00351. The van der Waals surface area contributed by atoms with Gasteiger partial charge in [0.05, 0.1) is 19.8 Å². The molecule has 2 saturated heterocycles. The highest BCUT2D eigenvalue weighted by molar-refractivity contribution is 5.92. The number of hydrogen-bond donors (Lipinski definition) is 2. The smallest absolute Gasteiger partial charge is 0.238 e. The Morgan fingerprint density at radius 2 is 1.71 bits per heavy atom. The molecule has 7 heteroatoms. The Morgan fingerprint density at radius 1 is 1.07 bits per heavy atom. The molecule has 1 aromatic rings. The summed E-state index contributed by atoms with van der Waals surface area (Å²) in [5.41, 5.74) is 1.98. The van der Waals surface area contributed by atoms with Gasteiger partial charge in [-0.15, -0.1) is 0 Å². The third kappa shape index (κ3) is 5.94. The van der Waals surface area contributed by atoms with Crippen LogP contribution >= 0.6 is 0 Å². The minimum Gasteiger partial charge on any atom is -0.378 e. The van der Waals surface area contributed by atoms with Crippen molar-refractivity contribution >= 4 is 23.2 Å². The molecule has 0 spiro atoms. The zero-order valence-electron chi connectivity index (χ0n) is 16.9. The van der Waals surface area contributed by atoms with Crippen LogP contribution in [-0.2, 0) is 14.3 Å². The Hall–Kier alpha value is -2.12. The summed E-state index contributed by atoms with van der Waals surface area (Å²) < 4.78 is 5.38. The van der Waals surface area contributed by atoms with E-state index in [4.69, 9.17) is 4.74 Å². The molecule has 28 heavy (non-hydrogen) atoms. The molecular weight excluding hydrogens is 356 g/mol. The second-order valence-electron chi connectivity index (χ2n) is 7.91. The van der Waals surface area contributed by atoms with E-state index in [-0.39, 0.29) is 23.8 Å². The van der Waals surface area contributed by atoms with E-state index in [1.165, 1.54) is 0 Å². The van der Waals surface area contributed by atoms with Gasteiger partial charge in [0.2, 0.25) is 11.8 Å². The first-order valence-corrected chi connectivity index (χ1v) is 10.3. The van der Waals surface area contributed by atoms with Crippen LogP contribution in [0, 0.1) is 5.92 Å². The molecule has 0 atom stereocenters. The molecule has 1 aromatic carbocycles. The number of nitrogens with one attached hydrogen (secondary N) is 2. The first-order chi connectivity index (χ1) is 13.5. The van der Waals surface area contributed by atoms with Crippen molar-refractivity contribution in [2.45, 2.75) is 32.7 Å². The largest absolute Gasteiger partial charge is 0.378 e. The predicted octanol–water partition coefficient (Wildman–Crippen LogP) is 1.70. The second-order valence-corrected chi connectivity index (χ2v) is 7.91. The van der Waals surface area contributed by atoms with E-state index >= 15 is 0 Å². The highest BCUT2D eigenvalue weighted by atomic mass is 16.5. The third-order valence-electron chi connectivity index (χ3n) is 5.35. The van der Waals surface area contributed by atoms with Gasteiger partial charge in [0.15, 0.2) is 0 Å². The fraction of sp³-hybridized carbons (Fsp3) is 0.619. The maximum atomic E-state index is 12.4. The number of carbonyl (C=O) groups is 2. The van der Waals surface area contributed by atoms with Crippen LogP contribution in [0.2, 0.25) is 0 Å². The van der Waals surface area contributed by atoms with Crippen molar-refractivity contribution in [2.75, 3.05) is 56.2 Å². The van der Waals surface area contributed by atoms with Crippen LogP contribution in [0.4, 0.5) is 11.4 Å². The molecule has 2 aliphatic heterocycles. The molecule has 0 radical (unpaired) electrons. The number of benzene rings is 1. The first-order valence-electron chi connectivity index (χ1n) is 10.3. The Kier molecular flexibility index (Phi) is 7.28. The van der Waals surface area contributed by atoms with Gasteiger partial charge in [0.1, 0.15) is 0 Å². The Labute approximate surface area is 167 Å². The van der Waals surface area contributed by atoms with E-state index in [1.54, 1.807) is 0 Å². The minimum absolute atomic E-state index is 0.00351. The number of amides is 2. The number of nitrogens with zero attached hydrogens (tertiary/aromatic N) is 2. The molecule has 0 aromatic heterocycles. The maximum Gasteiger partial charge on any atom is 0.238 e. The van der Waals surface area contributed by atoms with Gasteiger partial charge in [0, 0.05) is 49.5 Å². The van der Waals surface area contributed by atoms with Crippen LogP contribution in [0.15, 0.2) is 24.3 Å². The van der Waals surface area contributed by atoms with Crippen molar-refractivity contribution in [1.82, 2.24) is 10.2 Å². The average Bonchev–Trinajstić information content (AvgIpc) is 2.70. The van der Waals surface area contributed by atoms with Crippen molar-refractivity contribution in [2.24, 2.45) is 5.92 Å². The van der Waals surface area contributed by atoms with Crippen LogP contribution in [0.3, 0.4) is 0 Å². The summed E-state index contributed by atoms with van der Waals surface area (Å²) in [5, 5.41) is 6.07. The average molecular weight is 389 g/mol. The lowest BCUT2D eigenvalue weighted by Crippen LogP contribution is -2.47. The van der Waals surface area contributed by atoms with Crippen LogP contribution in [0.25, 0.3) is 0 Å². The van der Waals surface area contributed by atoms with Crippen molar-refractivity contribution in [3.8, 4) is 0 Å². The number of ether oxygens (including phenoxy) is 1. The maximum absolute atomic E-state index is 12.4. The summed E-state index contributed by atoms with van der Waals surface area (Å²) >= 11 is 0. The summed E-state index contributed by atoms with van der Waals surface area (Å²) in [6.07, 6.45) is 1.78. The molecule has 2 fully saturated rings. The van der Waals surface area contributed by atoms with E-state index in [0.29, 0.717) is 6.54 Å². The van der Waals surface area contributed by atoms with Crippen LogP contribution in [0.5, 0.6) is 0 Å². The molecule has 2 heterocycles. The third-order valence-corrected chi connectivity index (χ3v) is 5.35. The zero-order valence-corrected chi connectivity index (χ0v) is 16.9. The van der Waals surface area contributed by atoms with Gasteiger partial charge in [-0.05, 0) is 37.1 Å². The molecule has 3 rings (SSSR count). The van der Waals surface area contributed by atoms with Crippen molar-refractivity contribution in [1.29, 1.82) is 0 Å². The Bertz CT molecular complexity index is 648. The highest BCUT2D eigenvalue weighted by Crippen LogP contribution is 2.19. The summed E-state index contributed by atoms with van der Waals surface area (Å²) in [5.74, 6) is 0.124. The van der Waals surface area contributed by atoms with E-state index in [0.717, 1.165) is 63.6 Å². The van der Waals surface area contributed by atoms with Gasteiger partial charge in [-0.1, -0.05) is 13.8 Å². The molecule has 2 N–H and O–H groups in total. The highest BCUT2D eigenvalue weighted by Gasteiger charge is 2.22. The number of morpholine rings is 1. The fourth-order valence-corrected chi connectivity index (χ4v) is 3.58. The van der Waals surface area contributed by atoms with E-state index in [9.17, 15) is 9.59 Å². The van der Waals surface area contributed by atoms with Gasteiger partial charge in [-0.2, -0.15) is 0 Å². The molecular formula is C21H32N4O3. The number of rotatable bonds is 6. The summed E-state index contributed by atoms with van der Waals surface area (Å²) in [6, 6.07) is 8.22. The van der Waals surface area contributed by atoms with Crippen molar-refractivity contribution < 1.29 is 14.3 Å². The van der Waals surface area contributed by atoms with Gasteiger partial charge in [-0.25, -0.2) is 0 Å². The number of anilines is 2. The van der Waals surface area contributed by atoms with Gasteiger partial charge < -0.3 is 20.3 Å². The first kappa shape index (κ1) is 20.6. The number of carbonyl (C=O) groups excluding carboxylic acids is 2. The number of piperidine rings is 1. The Balaban J connectivity index is 1.40. The van der Waals surface area contributed by atoms with Crippen molar-refractivity contribution in [3.63, 3.8) is 0 Å². The quantitative estimate of drug-likeness (QED) is 0.776. The Morgan fingerprint density at radius 3 is 2.32 bits per heavy atom. The normalized spacial score (nSPS) is 18.9. The number of likely N-dealkylation sites (tertiary alicyclic amines) is 1. The van der Waals surface area contributed by atoms with E-state index in [2.05, 4.69) is 20.4 Å². The number of hydrogen-bond acceptors (Lipinski definition) is 5. The fourth-order valence-electron chi connectivity index (χ4n) is 3.58. The monoisotopic (exact) mass is 388 g/mol. The molecule has 2 aliphatic rings. The standard InChI is InChI=1S/C21H32N4O3/c1-16(2)21(27)23-18-7-9-24(10-8-18)15-20(26)22-17-3-5-19(6-4-17)25-11-13-28-14-12-25/h3-6,16,18H,7-15H2,1-2H3,(H,22,26)(H,23,27). The molecule has 0 saturated carbocycles. The lowest BCUT2D eigenvalue weighted by atomic mass is 10.0. The van der Waals surface area contributed by atoms with Gasteiger partial charge in [-0.3, -0.25) is 14.5 Å². The van der Waals surface area contributed by atoms with Gasteiger partial charge >= 0.3 is 0 Å². The van der Waals surface area contributed by atoms with Crippen LogP contribution in [-0.4, -0.2) is 68.7 Å². The van der Waals surface area contributed by atoms with E-state index in [1.807, 2.05) is 38.1 Å². The summed E-state index contributed by atoms with van der Waals surface area (Å²) in [6.45, 7) is 9.17. The van der Waals surface area contributed by atoms with Crippen LogP contribution in [0.1, 0.15) is 26.7 Å². The van der Waals surface area contributed by atoms with Crippen molar-refractivity contribution in [3.05, 3.63) is 24.3 Å². The molecule has 2 amide bonds. The lowest BCUT2D eigenvalue weighted by molar-refractivity contribution is -0.125. The van der Waals surface area contributed by atoms with Crippen LogP contribution < -0.4 is 15.5 Å². The SMILES string of the molecule is CC(C)C(=O)NC1CCN(CC(=O)Nc2ccc(N3CCOCC3)cc2)CC1. The molecule has 7 nitrogen and oxygen atoms in total. The van der Waals surface area contributed by atoms with E-state index < -0.39 is 0 Å². The molecule has 0 aliphatic carbocycles. The summed E-state index contributed by atoms with van der Waals surface area (Å²) in [4.78, 5) is 28.6. The molecule has 154 valence electrons. The summed E-state index contributed by atoms with van der Waals surface area (Å²) in [7, 11) is 0. The predicted molar refractivity (Wildman–Crippen MR) is 111 cm³/mol. The topological polar surface area (TPSA) is 73.9 Å². The zero-order chi connectivity index (χ0) is 19.9. The second kappa shape index (κ2) is 9.89. The molecule has 0 unspecified atom stereocenters. The van der Waals surface area contributed by atoms with Gasteiger partial charge in [0.25, 0.3) is 0 Å². The lowest BCUT2D eigenvalue weighted by Gasteiger charge is -2.32. The molecule has 0 bridgehead atoms.